The second kappa shape index (κ2) is 3.86. The summed E-state index contributed by atoms with van der Waals surface area (Å²) in [7, 11) is 0. The smallest absolute Gasteiger partial charge is 0.322 e. The number of hydrogen-bond donors (Lipinski definition) is 2. The number of nitrogens with one attached hydrogen (secondary N) is 1. The van der Waals surface area contributed by atoms with Gasteiger partial charge in [-0.05, 0) is 26.7 Å². The third-order valence-corrected chi connectivity index (χ3v) is 2.71. The van der Waals surface area contributed by atoms with Crippen LogP contribution in [0, 0.1) is 5.41 Å². The average molecular weight is 224 g/mol. The van der Waals surface area contributed by atoms with Crippen LogP contribution in [0.1, 0.15) is 38.5 Å². The van der Waals surface area contributed by atoms with Gasteiger partial charge in [-0.25, -0.2) is 0 Å². The minimum atomic E-state index is -0.631. The largest absolute Gasteiger partial charge is 0.408 e. The van der Waals surface area contributed by atoms with Crippen LogP contribution in [0.15, 0.2) is 4.42 Å². The summed E-state index contributed by atoms with van der Waals surface area (Å²) >= 11 is 0. The molecule has 1 heterocycles. The zero-order valence-corrected chi connectivity index (χ0v) is 9.49. The number of amides is 1. The number of carbonyl (C=O) groups excluding carboxylic acids is 1. The first-order valence-electron chi connectivity index (χ1n) is 5.38. The molecule has 16 heavy (non-hydrogen) atoms. The van der Waals surface area contributed by atoms with E-state index in [4.69, 9.17) is 10.2 Å². The molecule has 88 valence electrons. The summed E-state index contributed by atoms with van der Waals surface area (Å²) in [5, 5.41) is 10.2. The van der Waals surface area contributed by atoms with E-state index in [1.54, 1.807) is 13.8 Å². The van der Waals surface area contributed by atoms with Gasteiger partial charge < -0.3 is 10.2 Å². The van der Waals surface area contributed by atoms with E-state index in [1.807, 2.05) is 0 Å². The van der Waals surface area contributed by atoms with Crippen molar-refractivity contribution in [3.05, 3.63) is 5.89 Å². The van der Waals surface area contributed by atoms with Crippen LogP contribution in [-0.4, -0.2) is 22.6 Å². The molecule has 1 aromatic rings. The van der Waals surface area contributed by atoms with Crippen molar-refractivity contribution >= 4 is 11.9 Å². The quantitative estimate of drug-likeness (QED) is 0.791. The lowest BCUT2D eigenvalue weighted by Crippen LogP contribution is -2.37. The van der Waals surface area contributed by atoms with Crippen LogP contribution in [-0.2, 0) is 4.79 Å². The first-order valence-corrected chi connectivity index (χ1v) is 5.38. The summed E-state index contributed by atoms with van der Waals surface area (Å²) in [5.41, 5.74) is 4.87. The fraction of sp³-hybridized carbons (Fsp3) is 0.700. The normalized spacial score (nSPS) is 16.2. The maximum absolute atomic E-state index is 11.7. The average Bonchev–Trinajstić information content (AvgIpc) is 3.00. The molecule has 0 unspecified atom stereocenters. The SMILES string of the molecule is CC(C)(CN)C(=O)Nc1nnc(C2CC2)o1. The number of nitrogens with two attached hydrogens (primary N) is 1. The summed E-state index contributed by atoms with van der Waals surface area (Å²) in [6.45, 7) is 3.80. The van der Waals surface area contributed by atoms with Crippen LogP contribution in [0.3, 0.4) is 0 Å². The molecule has 1 aliphatic rings. The fourth-order valence-corrected chi connectivity index (χ4v) is 1.14. The van der Waals surface area contributed by atoms with Crippen molar-refractivity contribution in [2.45, 2.75) is 32.6 Å². The molecule has 3 N–H and O–H groups in total. The summed E-state index contributed by atoms with van der Waals surface area (Å²) < 4.78 is 5.32. The minimum absolute atomic E-state index is 0.161. The Morgan fingerprint density at radius 2 is 2.25 bits per heavy atom. The number of rotatable bonds is 4. The van der Waals surface area contributed by atoms with Gasteiger partial charge in [-0.1, -0.05) is 5.10 Å². The summed E-state index contributed by atoms with van der Waals surface area (Å²) in [5.74, 6) is 0.794. The number of hydrogen-bond acceptors (Lipinski definition) is 5. The van der Waals surface area contributed by atoms with E-state index in [1.165, 1.54) is 0 Å². The Morgan fingerprint density at radius 1 is 1.56 bits per heavy atom. The lowest BCUT2D eigenvalue weighted by atomic mass is 9.93. The Labute approximate surface area is 93.6 Å². The van der Waals surface area contributed by atoms with Crippen molar-refractivity contribution in [3.8, 4) is 0 Å². The van der Waals surface area contributed by atoms with Crippen molar-refractivity contribution in [1.29, 1.82) is 0 Å². The molecule has 0 spiro atoms. The number of aromatic nitrogens is 2. The summed E-state index contributed by atoms with van der Waals surface area (Å²) in [6, 6.07) is 0.161. The molecule has 1 aliphatic carbocycles. The minimum Gasteiger partial charge on any atom is -0.408 e. The van der Waals surface area contributed by atoms with Crippen molar-refractivity contribution in [1.82, 2.24) is 10.2 Å². The zero-order chi connectivity index (χ0) is 11.8. The number of nitrogens with zero attached hydrogens (tertiary/aromatic N) is 2. The zero-order valence-electron chi connectivity index (χ0n) is 9.49. The summed E-state index contributed by atoms with van der Waals surface area (Å²) in [4.78, 5) is 11.7. The predicted molar refractivity (Wildman–Crippen MR) is 57.7 cm³/mol. The second-order valence-corrected chi connectivity index (χ2v) is 4.76. The maximum Gasteiger partial charge on any atom is 0.322 e. The second-order valence-electron chi connectivity index (χ2n) is 4.76. The third-order valence-electron chi connectivity index (χ3n) is 2.71. The van der Waals surface area contributed by atoms with E-state index in [9.17, 15) is 4.79 Å². The Hall–Kier alpha value is -1.43. The molecule has 1 amide bonds. The molecule has 0 aromatic carbocycles. The molecule has 1 fully saturated rings. The number of carbonyl (C=O) groups is 1. The number of anilines is 1. The highest BCUT2D eigenvalue weighted by atomic mass is 16.4. The van der Waals surface area contributed by atoms with Gasteiger partial charge in [0.25, 0.3) is 0 Å². The Balaban J connectivity index is 2.00. The van der Waals surface area contributed by atoms with Crippen molar-refractivity contribution in [2.75, 3.05) is 11.9 Å². The summed E-state index contributed by atoms with van der Waals surface area (Å²) in [6.07, 6.45) is 2.17. The first-order chi connectivity index (χ1) is 7.53. The van der Waals surface area contributed by atoms with E-state index in [-0.39, 0.29) is 18.5 Å². The third kappa shape index (κ3) is 2.21. The van der Waals surface area contributed by atoms with Gasteiger partial charge in [-0.2, -0.15) is 0 Å². The molecule has 1 saturated carbocycles. The Bertz CT molecular complexity index is 395. The topological polar surface area (TPSA) is 94.0 Å². The van der Waals surface area contributed by atoms with Crippen LogP contribution < -0.4 is 11.1 Å². The van der Waals surface area contributed by atoms with Crippen LogP contribution in [0.25, 0.3) is 0 Å². The highest BCUT2D eigenvalue weighted by Crippen LogP contribution is 2.39. The van der Waals surface area contributed by atoms with E-state index < -0.39 is 5.41 Å². The van der Waals surface area contributed by atoms with Gasteiger partial charge in [0.15, 0.2) is 0 Å². The first kappa shape index (κ1) is 11.1. The molecular weight excluding hydrogens is 208 g/mol. The lowest BCUT2D eigenvalue weighted by molar-refractivity contribution is -0.123. The van der Waals surface area contributed by atoms with Crippen LogP contribution >= 0.6 is 0 Å². The van der Waals surface area contributed by atoms with E-state index >= 15 is 0 Å². The molecule has 2 rings (SSSR count). The van der Waals surface area contributed by atoms with E-state index in [0.29, 0.717) is 11.8 Å². The maximum atomic E-state index is 11.7. The molecule has 6 heteroatoms. The van der Waals surface area contributed by atoms with Gasteiger partial charge in [-0.3, -0.25) is 10.1 Å². The van der Waals surface area contributed by atoms with Gasteiger partial charge in [-0.15, -0.1) is 5.10 Å². The Morgan fingerprint density at radius 3 is 2.81 bits per heavy atom. The van der Waals surface area contributed by atoms with Crippen LogP contribution in [0.2, 0.25) is 0 Å². The van der Waals surface area contributed by atoms with Crippen molar-refractivity contribution in [2.24, 2.45) is 11.1 Å². The highest BCUT2D eigenvalue weighted by molar-refractivity contribution is 5.93. The predicted octanol–water partition coefficient (Wildman–Crippen LogP) is 0.870. The molecule has 0 saturated heterocycles. The standard InChI is InChI=1S/C10H16N4O2/c1-10(2,5-11)8(15)12-9-14-13-7(16-9)6-3-4-6/h6H,3-5,11H2,1-2H3,(H,12,14,15). The molecule has 1 aromatic heterocycles. The van der Waals surface area contributed by atoms with Gasteiger partial charge in [0.2, 0.25) is 11.8 Å². The van der Waals surface area contributed by atoms with Gasteiger partial charge in [0.05, 0.1) is 5.41 Å². The van der Waals surface area contributed by atoms with Crippen LogP contribution in [0.5, 0.6) is 0 Å². The van der Waals surface area contributed by atoms with Gasteiger partial charge in [0, 0.05) is 12.5 Å². The fourth-order valence-electron chi connectivity index (χ4n) is 1.14. The van der Waals surface area contributed by atoms with E-state index in [2.05, 4.69) is 15.5 Å². The highest BCUT2D eigenvalue weighted by Gasteiger charge is 2.31. The van der Waals surface area contributed by atoms with Gasteiger partial charge in [0.1, 0.15) is 0 Å². The Kier molecular flexibility index (Phi) is 2.67. The van der Waals surface area contributed by atoms with Crippen molar-refractivity contribution in [3.63, 3.8) is 0 Å². The monoisotopic (exact) mass is 224 g/mol. The molecule has 0 atom stereocenters. The van der Waals surface area contributed by atoms with Crippen LogP contribution in [0.4, 0.5) is 6.01 Å². The van der Waals surface area contributed by atoms with E-state index in [0.717, 1.165) is 12.8 Å². The van der Waals surface area contributed by atoms with Gasteiger partial charge >= 0.3 is 6.01 Å². The van der Waals surface area contributed by atoms with Crippen molar-refractivity contribution < 1.29 is 9.21 Å². The molecule has 6 nitrogen and oxygen atoms in total. The molecule has 0 radical (unpaired) electrons. The molecular formula is C10H16N4O2. The molecule has 0 bridgehead atoms. The molecule has 0 aliphatic heterocycles. The lowest BCUT2D eigenvalue weighted by Gasteiger charge is -2.19.